The van der Waals surface area contributed by atoms with E-state index in [2.05, 4.69) is 9.97 Å². The summed E-state index contributed by atoms with van der Waals surface area (Å²) < 4.78 is 65.5. The molecule has 12 heteroatoms. The van der Waals surface area contributed by atoms with E-state index < -0.39 is 52.1 Å². The SMILES string of the molecule is O=c1cc(S(=O)(=O)O)cc2c(O)c(S(=O)(=O)O)c3nc4ccccc4[nH]c3c12. The molecule has 0 aliphatic carbocycles. The lowest BCUT2D eigenvalue weighted by Crippen LogP contribution is -2.10. The number of phenolic OH excluding ortho intramolecular Hbond substituents is 1. The zero-order chi connectivity index (χ0) is 20.4. The standard InChI is InChI=1S/C16H10N2O8S2/c19-11-6-7(27(21,22)23)5-8-12(11)13-14(16(15(8)20)28(24,25)26)18-10-4-2-1-3-9(10)17-13/h1-6,17,20H,(H,21,22,23)(H,24,25,26). The van der Waals surface area contributed by atoms with E-state index in [1.54, 1.807) is 24.3 Å². The van der Waals surface area contributed by atoms with E-state index in [1.165, 1.54) is 0 Å². The Hall–Kier alpha value is -3.06. The number of aromatic hydroxyl groups is 1. The van der Waals surface area contributed by atoms with Crippen molar-refractivity contribution in [1.29, 1.82) is 0 Å². The number of nitrogens with one attached hydrogen (secondary N) is 1. The van der Waals surface area contributed by atoms with Crippen molar-refractivity contribution in [2.45, 2.75) is 9.79 Å². The summed E-state index contributed by atoms with van der Waals surface area (Å²) in [5.41, 5.74) is -0.739. The number of rotatable bonds is 2. The van der Waals surface area contributed by atoms with Crippen LogP contribution in [0.2, 0.25) is 0 Å². The van der Waals surface area contributed by atoms with Crippen molar-refractivity contribution in [3.8, 4) is 5.75 Å². The van der Waals surface area contributed by atoms with Crippen LogP contribution in [0.5, 0.6) is 5.75 Å². The fourth-order valence-electron chi connectivity index (χ4n) is 3.05. The van der Waals surface area contributed by atoms with Crippen molar-refractivity contribution in [2.75, 3.05) is 0 Å². The molecule has 0 spiro atoms. The zero-order valence-corrected chi connectivity index (χ0v) is 15.2. The number of aromatic amines is 1. The van der Waals surface area contributed by atoms with Crippen LogP contribution in [0.4, 0.5) is 0 Å². The maximum absolute atomic E-state index is 12.6. The highest BCUT2D eigenvalue weighted by Crippen LogP contribution is 2.38. The molecule has 1 heterocycles. The van der Waals surface area contributed by atoms with Crippen molar-refractivity contribution in [3.05, 3.63) is 46.6 Å². The molecule has 3 aromatic carbocycles. The third-order valence-corrected chi connectivity index (χ3v) is 5.93. The molecule has 10 nitrogen and oxygen atoms in total. The minimum Gasteiger partial charge on any atom is -0.506 e. The Kier molecular flexibility index (Phi) is 3.74. The largest absolute Gasteiger partial charge is 0.506 e. The molecule has 0 amide bonds. The number of hydrogen-bond acceptors (Lipinski definition) is 7. The molecule has 0 bridgehead atoms. The average Bonchev–Trinajstić information content (AvgIpc) is 2.58. The van der Waals surface area contributed by atoms with Gasteiger partial charge in [0.1, 0.15) is 11.3 Å². The molecule has 0 aliphatic rings. The van der Waals surface area contributed by atoms with E-state index in [0.717, 1.165) is 6.07 Å². The van der Waals surface area contributed by atoms with Crippen LogP contribution in [-0.2, 0) is 20.2 Å². The highest BCUT2D eigenvalue weighted by molar-refractivity contribution is 7.86. The first-order valence-electron chi connectivity index (χ1n) is 7.55. The van der Waals surface area contributed by atoms with Crippen molar-refractivity contribution in [2.24, 2.45) is 0 Å². The van der Waals surface area contributed by atoms with Gasteiger partial charge in [0.25, 0.3) is 10.1 Å². The van der Waals surface area contributed by atoms with E-state index in [9.17, 15) is 35.8 Å². The van der Waals surface area contributed by atoms with Crippen LogP contribution >= 0.6 is 0 Å². The van der Waals surface area contributed by atoms with Gasteiger partial charge < -0.3 is 10.1 Å². The predicted molar refractivity (Wildman–Crippen MR) is 98.7 cm³/mol. The predicted octanol–water partition coefficient (Wildman–Crippen LogP) is 1.43. The molecule has 28 heavy (non-hydrogen) atoms. The van der Waals surface area contributed by atoms with Crippen molar-refractivity contribution < 1.29 is 31.0 Å². The van der Waals surface area contributed by atoms with Gasteiger partial charge in [-0.3, -0.25) is 13.9 Å². The van der Waals surface area contributed by atoms with Gasteiger partial charge in [0.2, 0.25) is 0 Å². The summed E-state index contributed by atoms with van der Waals surface area (Å²) in [6.45, 7) is 0. The highest BCUT2D eigenvalue weighted by Gasteiger charge is 2.27. The molecule has 0 fully saturated rings. The Balaban J connectivity index is 2.40. The van der Waals surface area contributed by atoms with Gasteiger partial charge in [-0.1, -0.05) is 12.1 Å². The second-order valence-electron chi connectivity index (χ2n) is 5.95. The number of hydrogen-bond donors (Lipinski definition) is 4. The number of fused-ring (bicyclic) bond motifs is 4. The molecule has 0 atom stereocenters. The monoisotopic (exact) mass is 422 g/mol. The number of H-pyrrole nitrogens is 1. The average molecular weight is 422 g/mol. The first-order chi connectivity index (χ1) is 13.0. The van der Waals surface area contributed by atoms with Crippen LogP contribution in [0, 0.1) is 0 Å². The Morgan fingerprint density at radius 3 is 2.29 bits per heavy atom. The smallest absolute Gasteiger partial charge is 0.300 e. The lowest BCUT2D eigenvalue weighted by Gasteiger charge is -2.12. The fraction of sp³-hybridized carbons (Fsp3) is 0. The molecule has 144 valence electrons. The Morgan fingerprint density at radius 1 is 0.964 bits per heavy atom. The molecule has 0 unspecified atom stereocenters. The molecule has 0 radical (unpaired) electrons. The van der Waals surface area contributed by atoms with E-state index in [-0.39, 0.29) is 10.9 Å². The summed E-state index contributed by atoms with van der Waals surface area (Å²) in [5, 5.41) is 9.71. The molecule has 0 saturated carbocycles. The molecular formula is C16H10N2O8S2. The minimum absolute atomic E-state index is 0.133. The summed E-state index contributed by atoms with van der Waals surface area (Å²) in [5.74, 6) is -1.07. The highest BCUT2D eigenvalue weighted by atomic mass is 32.2. The number of para-hydroxylation sites is 2. The van der Waals surface area contributed by atoms with Gasteiger partial charge in [-0.15, -0.1) is 0 Å². The molecule has 4 N–H and O–H groups in total. The third kappa shape index (κ3) is 2.70. The normalized spacial score (nSPS) is 12.8. The van der Waals surface area contributed by atoms with E-state index in [1.807, 2.05) is 0 Å². The van der Waals surface area contributed by atoms with Crippen LogP contribution in [-0.4, -0.2) is 41.0 Å². The van der Waals surface area contributed by atoms with Crippen LogP contribution < -0.4 is 5.43 Å². The van der Waals surface area contributed by atoms with Crippen LogP contribution in [0.25, 0.3) is 32.8 Å². The number of phenols is 1. The molecule has 4 aromatic rings. The molecule has 4 rings (SSSR count). The topological polar surface area (TPSA) is 175 Å². The first-order valence-corrected chi connectivity index (χ1v) is 10.4. The summed E-state index contributed by atoms with van der Waals surface area (Å²) in [6, 6.07) is 7.79. The Bertz CT molecular complexity index is 1590. The first kappa shape index (κ1) is 18.3. The van der Waals surface area contributed by atoms with Gasteiger partial charge in [-0.25, -0.2) is 4.98 Å². The Morgan fingerprint density at radius 2 is 1.64 bits per heavy atom. The second kappa shape index (κ2) is 5.72. The summed E-state index contributed by atoms with van der Waals surface area (Å²) in [7, 11) is -9.85. The lowest BCUT2D eigenvalue weighted by molar-refractivity contribution is 0.450. The fourth-order valence-corrected chi connectivity index (χ4v) is 4.32. The zero-order valence-electron chi connectivity index (χ0n) is 13.6. The third-order valence-electron chi connectivity index (χ3n) is 4.20. The summed E-state index contributed by atoms with van der Waals surface area (Å²) >= 11 is 0. The maximum Gasteiger partial charge on any atom is 0.300 e. The van der Waals surface area contributed by atoms with E-state index >= 15 is 0 Å². The summed E-state index contributed by atoms with van der Waals surface area (Å²) in [6.07, 6.45) is 0. The molecule has 1 aromatic heterocycles. The van der Waals surface area contributed by atoms with Gasteiger partial charge in [-0.2, -0.15) is 16.8 Å². The van der Waals surface area contributed by atoms with Crippen molar-refractivity contribution in [3.63, 3.8) is 0 Å². The van der Waals surface area contributed by atoms with Crippen LogP contribution in [0.15, 0.2) is 51.0 Å². The Labute approximate surface area is 156 Å². The minimum atomic E-state index is -5.03. The molecule has 0 aliphatic heterocycles. The van der Waals surface area contributed by atoms with Gasteiger partial charge in [0, 0.05) is 11.5 Å². The van der Waals surface area contributed by atoms with Crippen LogP contribution in [0.1, 0.15) is 0 Å². The molecule has 0 saturated heterocycles. The quantitative estimate of drug-likeness (QED) is 0.211. The number of aromatic nitrogens is 2. The van der Waals surface area contributed by atoms with E-state index in [0.29, 0.717) is 17.1 Å². The second-order valence-corrected chi connectivity index (χ2v) is 8.73. The van der Waals surface area contributed by atoms with Crippen molar-refractivity contribution in [1.82, 2.24) is 9.97 Å². The summed E-state index contributed by atoms with van der Waals surface area (Å²) in [4.78, 5) is 17.7. The van der Waals surface area contributed by atoms with Crippen LogP contribution in [0.3, 0.4) is 0 Å². The number of benzene rings is 3. The lowest BCUT2D eigenvalue weighted by atomic mass is 10.1. The van der Waals surface area contributed by atoms with E-state index in [4.69, 9.17) is 0 Å². The molecular weight excluding hydrogens is 412 g/mol. The maximum atomic E-state index is 12.6. The van der Waals surface area contributed by atoms with Gasteiger partial charge in [-0.05, 0) is 18.2 Å². The number of nitrogens with zero attached hydrogens (tertiary/aromatic N) is 1. The van der Waals surface area contributed by atoms with Crippen molar-refractivity contribution >= 4 is 53.1 Å². The van der Waals surface area contributed by atoms with Gasteiger partial charge >= 0.3 is 10.1 Å². The van der Waals surface area contributed by atoms with Gasteiger partial charge in [0.15, 0.2) is 10.3 Å². The van der Waals surface area contributed by atoms with Gasteiger partial charge in [0.05, 0.1) is 26.8 Å².